The molecule has 31 heavy (non-hydrogen) atoms. The number of rotatable bonds is 6. The summed E-state index contributed by atoms with van der Waals surface area (Å²) >= 11 is 1.41. The molecule has 4 rings (SSSR count). The van der Waals surface area contributed by atoms with E-state index in [1.165, 1.54) is 23.5 Å². The molecular weight excluding hydrogens is 415 g/mol. The monoisotopic (exact) mass is 438 g/mol. The average molecular weight is 439 g/mol. The van der Waals surface area contributed by atoms with E-state index in [4.69, 9.17) is 0 Å². The van der Waals surface area contributed by atoms with Crippen LogP contribution in [0.25, 0.3) is 10.6 Å². The van der Waals surface area contributed by atoms with Gasteiger partial charge in [0.05, 0.1) is 18.7 Å². The van der Waals surface area contributed by atoms with E-state index in [2.05, 4.69) is 10.3 Å². The van der Waals surface area contributed by atoms with Crippen molar-refractivity contribution in [1.82, 2.24) is 14.8 Å². The highest BCUT2D eigenvalue weighted by Gasteiger charge is 2.23. The van der Waals surface area contributed by atoms with Crippen LogP contribution in [-0.2, 0) is 16.0 Å². The van der Waals surface area contributed by atoms with Crippen LogP contribution >= 0.6 is 11.3 Å². The summed E-state index contributed by atoms with van der Waals surface area (Å²) in [5.74, 6) is -0.344. The maximum Gasteiger partial charge on any atom is 0.238 e. The van der Waals surface area contributed by atoms with Gasteiger partial charge in [-0.05, 0) is 24.3 Å². The lowest BCUT2D eigenvalue weighted by atomic mass is 10.2. The molecule has 0 atom stereocenters. The number of carbonyl (C=O) groups excluding carboxylic acids is 2. The van der Waals surface area contributed by atoms with Gasteiger partial charge in [-0.15, -0.1) is 11.3 Å². The molecule has 1 saturated heterocycles. The number of thiazole rings is 1. The van der Waals surface area contributed by atoms with Crippen molar-refractivity contribution in [3.63, 3.8) is 0 Å². The normalized spacial score (nSPS) is 14.4. The lowest BCUT2D eigenvalue weighted by Gasteiger charge is -2.34. The van der Waals surface area contributed by atoms with Gasteiger partial charge in [-0.3, -0.25) is 14.5 Å². The van der Waals surface area contributed by atoms with Gasteiger partial charge in [0.25, 0.3) is 0 Å². The number of amides is 2. The zero-order valence-corrected chi connectivity index (χ0v) is 17.8. The Morgan fingerprint density at radius 1 is 1.03 bits per heavy atom. The van der Waals surface area contributed by atoms with Gasteiger partial charge in [0.15, 0.2) is 0 Å². The predicted molar refractivity (Wildman–Crippen MR) is 119 cm³/mol. The number of nitrogens with one attached hydrogen (secondary N) is 1. The highest BCUT2D eigenvalue weighted by atomic mass is 32.1. The Morgan fingerprint density at radius 3 is 2.55 bits per heavy atom. The van der Waals surface area contributed by atoms with E-state index in [9.17, 15) is 14.0 Å². The van der Waals surface area contributed by atoms with E-state index in [0.29, 0.717) is 49.0 Å². The van der Waals surface area contributed by atoms with Crippen LogP contribution in [0.4, 0.5) is 10.1 Å². The summed E-state index contributed by atoms with van der Waals surface area (Å²) in [6, 6.07) is 15.7. The second kappa shape index (κ2) is 9.80. The van der Waals surface area contributed by atoms with Crippen LogP contribution in [0.5, 0.6) is 0 Å². The highest BCUT2D eigenvalue weighted by Crippen LogP contribution is 2.24. The van der Waals surface area contributed by atoms with Gasteiger partial charge >= 0.3 is 0 Å². The van der Waals surface area contributed by atoms with Crippen molar-refractivity contribution in [3.8, 4) is 10.6 Å². The summed E-state index contributed by atoms with van der Waals surface area (Å²) in [4.78, 5) is 33.2. The molecule has 0 spiro atoms. The minimum atomic E-state index is -0.305. The van der Waals surface area contributed by atoms with Crippen molar-refractivity contribution in [2.45, 2.75) is 6.42 Å². The Balaban J connectivity index is 1.24. The van der Waals surface area contributed by atoms with Crippen molar-refractivity contribution < 1.29 is 14.0 Å². The van der Waals surface area contributed by atoms with Crippen molar-refractivity contribution >= 4 is 28.8 Å². The first-order valence-corrected chi connectivity index (χ1v) is 11.0. The Kier molecular flexibility index (Phi) is 6.69. The van der Waals surface area contributed by atoms with Crippen LogP contribution in [0.3, 0.4) is 0 Å². The minimum Gasteiger partial charge on any atom is -0.340 e. The first kappa shape index (κ1) is 21.1. The van der Waals surface area contributed by atoms with Gasteiger partial charge in [0, 0.05) is 42.8 Å². The van der Waals surface area contributed by atoms with Gasteiger partial charge < -0.3 is 10.2 Å². The van der Waals surface area contributed by atoms with Crippen LogP contribution in [0.2, 0.25) is 0 Å². The number of para-hydroxylation sites is 1. The second-order valence-electron chi connectivity index (χ2n) is 7.40. The lowest BCUT2D eigenvalue weighted by Crippen LogP contribution is -2.50. The molecule has 1 aromatic heterocycles. The molecule has 2 aromatic carbocycles. The summed E-state index contributed by atoms with van der Waals surface area (Å²) in [5, 5.41) is 5.44. The number of hydrogen-bond donors (Lipinski definition) is 1. The molecule has 0 bridgehead atoms. The number of halogens is 1. The van der Waals surface area contributed by atoms with E-state index in [-0.39, 0.29) is 24.1 Å². The summed E-state index contributed by atoms with van der Waals surface area (Å²) < 4.78 is 13.4. The van der Waals surface area contributed by atoms with Crippen LogP contribution in [0.1, 0.15) is 5.69 Å². The molecule has 0 aliphatic carbocycles. The number of anilines is 1. The number of piperazine rings is 1. The van der Waals surface area contributed by atoms with E-state index >= 15 is 0 Å². The molecule has 1 fully saturated rings. The van der Waals surface area contributed by atoms with Crippen molar-refractivity contribution in [2.24, 2.45) is 0 Å². The van der Waals surface area contributed by atoms with Crippen LogP contribution < -0.4 is 5.32 Å². The van der Waals surface area contributed by atoms with Gasteiger partial charge in [-0.25, -0.2) is 9.37 Å². The van der Waals surface area contributed by atoms with Crippen LogP contribution in [0.15, 0.2) is 60.0 Å². The zero-order valence-electron chi connectivity index (χ0n) is 17.0. The standard InChI is InChI=1S/C23H23FN4O2S/c24-18-6-4-5-17(13-18)23-26-20(16-31-23)14-22(30)28-11-9-27(10-12-28)15-21(29)25-19-7-2-1-3-8-19/h1-8,13,16H,9-12,14-15H2,(H,25,29). The number of benzene rings is 2. The summed E-state index contributed by atoms with van der Waals surface area (Å²) in [7, 11) is 0. The number of carbonyl (C=O) groups is 2. The lowest BCUT2D eigenvalue weighted by molar-refractivity contribution is -0.132. The Morgan fingerprint density at radius 2 is 1.81 bits per heavy atom. The SMILES string of the molecule is O=C(CN1CCN(C(=O)Cc2csc(-c3cccc(F)c3)n2)CC1)Nc1ccccc1. The second-order valence-corrected chi connectivity index (χ2v) is 8.26. The molecule has 0 radical (unpaired) electrons. The Labute approximate surface area is 184 Å². The van der Waals surface area contributed by atoms with Crippen molar-refractivity contribution in [1.29, 1.82) is 0 Å². The molecule has 1 aliphatic heterocycles. The summed E-state index contributed by atoms with van der Waals surface area (Å²) in [6.45, 7) is 2.77. The van der Waals surface area contributed by atoms with Crippen LogP contribution in [-0.4, -0.2) is 59.3 Å². The molecule has 2 amide bonds. The summed E-state index contributed by atoms with van der Waals surface area (Å²) in [5.41, 5.74) is 2.19. The fourth-order valence-electron chi connectivity index (χ4n) is 3.49. The quantitative estimate of drug-likeness (QED) is 0.642. The third-order valence-corrected chi connectivity index (χ3v) is 6.05. The van der Waals surface area contributed by atoms with E-state index in [1.807, 2.05) is 45.5 Å². The molecule has 0 unspecified atom stereocenters. The fraction of sp³-hybridized carbons (Fsp3) is 0.261. The largest absolute Gasteiger partial charge is 0.340 e. The third kappa shape index (κ3) is 5.74. The van der Waals surface area contributed by atoms with Gasteiger partial charge in [-0.1, -0.05) is 30.3 Å². The van der Waals surface area contributed by atoms with Crippen molar-refractivity contribution in [2.75, 3.05) is 38.0 Å². The first-order chi connectivity index (χ1) is 15.1. The van der Waals surface area contributed by atoms with Gasteiger partial charge in [0.1, 0.15) is 10.8 Å². The number of hydrogen-bond acceptors (Lipinski definition) is 5. The van der Waals surface area contributed by atoms with E-state index in [1.54, 1.807) is 12.1 Å². The van der Waals surface area contributed by atoms with Gasteiger partial charge in [-0.2, -0.15) is 0 Å². The molecule has 6 nitrogen and oxygen atoms in total. The fourth-order valence-corrected chi connectivity index (χ4v) is 4.31. The molecular formula is C23H23FN4O2S. The molecule has 3 aromatic rings. The predicted octanol–water partition coefficient (Wildman–Crippen LogP) is 3.27. The topological polar surface area (TPSA) is 65.5 Å². The third-order valence-electron chi connectivity index (χ3n) is 5.11. The number of aromatic nitrogens is 1. The summed E-state index contributed by atoms with van der Waals surface area (Å²) in [6.07, 6.45) is 0.223. The molecule has 1 N–H and O–H groups in total. The van der Waals surface area contributed by atoms with Crippen LogP contribution in [0, 0.1) is 5.82 Å². The minimum absolute atomic E-state index is 0.0180. The van der Waals surface area contributed by atoms with Crippen molar-refractivity contribution in [3.05, 3.63) is 71.5 Å². The van der Waals surface area contributed by atoms with E-state index in [0.717, 1.165) is 5.69 Å². The zero-order chi connectivity index (χ0) is 21.6. The smallest absolute Gasteiger partial charge is 0.238 e. The number of nitrogens with zero attached hydrogens (tertiary/aromatic N) is 3. The molecule has 0 saturated carbocycles. The Hall–Kier alpha value is -3.10. The molecule has 2 heterocycles. The maximum atomic E-state index is 13.4. The average Bonchev–Trinajstić information content (AvgIpc) is 3.23. The first-order valence-electron chi connectivity index (χ1n) is 10.1. The highest BCUT2D eigenvalue weighted by molar-refractivity contribution is 7.13. The van der Waals surface area contributed by atoms with E-state index < -0.39 is 0 Å². The molecule has 160 valence electrons. The molecule has 1 aliphatic rings. The Bertz CT molecular complexity index is 1050. The van der Waals surface area contributed by atoms with Gasteiger partial charge in [0.2, 0.25) is 11.8 Å². The maximum absolute atomic E-state index is 13.4. The molecule has 8 heteroatoms.